The Labute approximate surface area is 83.3 Å². The highest BCUT2D eigenvalue weighted by Gasteiger charge is 2.14. The molecule has 1 atom stereocenters. The van der Waals surface area contributed by atoms with Gasteiger partial charge in [-0.1, -0.05) is 18.2 Å². The second kappa shape index (κ2) is 4.77. The molecule has 1 N–H and O–H groups in total. The molecule has 3 nitrogen and oxygen atoms in total. The Bertz CT molecular complexity index is 320. The van der Waals surface area contributed by atoms with Crippen molar-refractivity contribution in [2.45, 2.75) is 20.0 Å². The van der Waals surface area contributed by atoms with Crippen LogP contribution in [0.4, 0.5) is 0 Å². The number of hydrogen-bond donors (Lipinski definition) is 1. The second-order valence-corrected chi connectivity index (χ2v) is 2.99. The van der Waals surface area contributed by atoms with E-state index in [2.05, 4.69) is 0 Å². The lowest BCUT2D eigenvalue weighted by Crippen LogP contribution is -2.07. The van der Waals surface area contributed by atoms with E-state index in [-0.39, 0.29) is 6.10 Å². The maximum Gasteiger partial charge on any atom is 0.336 e. The number of carbonyl (C=O) groups is 1. The lowest BCUT2D eigenvalue weighted by molar-refractivity contribution is 0.0644. The van der Waals surface area contributed by atoms with Gasteiger partial charge in [-0.15, -0.1) is 0 Å². The fraction of sp³-hybridized carbons (Fsp3) is 0.364. The number of ether oxygens (including phenoxy) is 1. The number of carboxylic acid groups (broad SMARTS) is 1. The second-order valence-electron chi connectivity index (χ2n) is 2.99. The molecule has 0 amide bonds. The fourth-order valence-corrected chi connectivity index (χ4v) is 1.39. The van der Waals surface area contributed by atoms with Crippen LogP contribution < -0.4 is 0 Å². The predicted molar refractivity (Wildman–Crippen MR) is 53.4 cm³/mol. The first-order valence-electron chi connectivity index (χ1n) is 4.60. The van der Waals surface area contributed by atoms with Crippen molar-refractivity contribution in [3.63, 3.8) is 0 Å². The first-order chi connectivity index (χ1) is 6.66. The van der Waals surface area contributed by atoms with Crippen molar-refractivity contribution in [3.8, 4) is 0 Å². The summed E-state index contributed by atoms with van der Waals surface area (Å²) in [7, 11) is 0. The molecule has 0 aromatic heterocycles. The third-order valence-electron chi connectivity index (χ3n) is 2.05. The summed E-state index contributed by atoms with van der Waals surface area (Å²) in [5.41, 5.74) is 1.04. The average molecular weight is 194 g/mol. The third-order valence-corrected chi connectivity index (χ3v) is 2.05. The zero-order valence-electron chi connectivity index (χ0n) is 8.36. The van der Waals surface area contributed by atoms with Gasteiger partial charge in [0.25, 0.3) is 0 Å². The van der Waals surface area contributed by atoms with Crippen molar-refractivity contribution in [1.29, 1.82) is 0 Å². The molecule has 14 heavy (non-hydrogen) atoms. The van der Waals surface area contributed by atoms with E-state index in [1.165, 1.54) is 0 Å². The van der Waals surface area contributed by atoms with E-state index in [1.807, 2.05) is 19.9 Å². The van der Waals surface area contributed by atoms with Crippen LogP contribution in [0.1, 0.15) is 35.9 Å². The van der Waals surface area contributed by atoms with Gasteiger partial charge in [0.05, 0.1) is 11.7 Å². The zero-order chi connectivity index (χ0) is 10.6. The first-order valence-corrected chi connectivity index (χ1v) is 4.60. The van der Waals surface area contributed by atoms with Gasteiger partial charge in [0.1, 0.15) is 0 Å². The van der Waals surface area contributed by atoms with Crippen molar-refractivity contribution in [1.82, 2.24) is 0 Å². The van der Waals surface area contributed by atoms with Gasteiger partial charge in [-0.25, -0.2) is 4.79 Å². The molecule has 76 valence electrons. The molecule has 0 aliphatic carbocycles. The molecule has 1 aromatic rings. The van der Waals surface area contributed by atoms with E-state index >= 15 is 0 Å². The minimum absolute atomic E-state index is 0.174. The summed E-state index contributed by atoms with van der Waals surface area (Å²) in [4.78, 5) is 10.9. The summed E-state index contributed by atoms with van der Waals surface area (Å²) in [5, 5.41) is 8.93. The van der Waals surface area contributed by atoms with Crippen LogP contribution in [0.3, 0.4) is 0 Å². The maximum atomic E-state index is 10.9. The number of rotatable bonds is 4. The Balaban J connectivity index is 3.00. The molecule has 0 aliphatic heterocycles. The van der Waals surface area contributed by atoms with Crippen LogP contribution >= 0.6 is 0 Å². The Morgan fingerprint density at radius 3 is 2.71 bits per heavy atom. The normalized spacial score (nSPS) is 12.4. The molecule has 0 radical (unpaired) electrons. The van der Waals surface area contributed by atoms with Crippen LogP contribution in [0.5, 0.6) is 0 Å². The zero-order valence-corrected chi connectivity index (χ0v) is 8.36. The lowest BCUT2D eigenvalue weighted by atomic mass is 10.0. The summed E-state index contributed by atoms with van der Waals surface area (Å²) in [5.74, 6) is -0.910. The third kappa shape index (κ3) is 2.33. The van der Waals surface area contributed by atoms with Crippen LogP contribution in [0.2, 0.25) is 0 Å². The molecular weight excluding hydrogens is 180 g/mol. The molecular formula is C11H14O3. The van der Waals surface area contributed by atoms with Crippen molar-refractivity contribution in [2.75, 3.05) is 6.61 Å². The molecule has 0 bridgehead atoms. The maximum absolute atomic E-state index is 10.9. The van der Waals surface area contributed by atoms with Crippen molar-refractivity contribution < 1.29 is 14.6 Å². The fourth-order valence-electron chi connectivity index (χ4n) is 1.39. The van der Waals surface area contributed by atoms with Gasteiger partial charge < -0.3 is 9.84 Å². The van der Waals surface area contributed by atoms with E-state index in [4.69, 9.17) is 9.84 Å². The number of carboxylic acids is 1. The van der Waals surface area contributed by atoms with Crippen LogP contribution in [0.15, 0.2) is 24.3 Å². The van der Waals surface area contributed by atoms with Crippen LogP contribution in [-0.2, 0) is 4.74 Å². The van der Waals surface area contributed by atoms with Crippen LogP contribution in [-0.4, -0.2) is 17.7 Å². The average Bonchev–Trinajstić information content (AvgIpc) is 2.18. The van der Waals surface area contributed by atoms with Crippen molar-refractivity contribution >= 4 is 5.97 Å². The summed E-state index contributed by atoms with van der Waals surface area (Å²) in [6.45, 7) is 4.32. The van der Waals surface area contributed by atoms with E-state index in [0.717, 1.165) is 5.56 Å². The topological polar surface area (TPSA) is 46.5 Å². The van der Waals surface area contributed by atoms with Crippen LogP contribution in [0, 0.1) is 0 Å². The summed E-state index contributed by atoms with van der Waals surface area (Å²) >= 11 is 0. The van der Waals surface area contributed by atoms with Gasteiger partial charge in [-0.05, 0) is 25.5 Å². The van der Waals surface area contributed by atoms with E-state index < -0.39 is 5.97 Å². The summed E-state index contributed by atoms with van der Waals surface area (Å²) in [6, 6.07) is 6.90. The van der Waals surface area contributed by atoms with Gasteiger partial charge in [-0.2, -0.15) is 0 Å². The van der Waals surface area contributed by atoms with Gasteiger partial charge in [0, 0.05) is 6.61 Å². The van der Waals surface area contributed by atoms with Crippen LogP contribution in [0.25, 0.3) is 0 Å². The van der Waals surface area contributed by atoms with Crippen molar-refractivity contribution in [3.05, 3.63) is 35.4 Å². The Morgan fingerprint density at radius 1 is 1.50 bits per heavy atom. The Kier molecular flexibility index (Phi) is 3.65. The standard InChI is InChI=1S/C11H14O3/c1-3-14-8(2)9-6-4-5-7-10(9)11(12)13/h4-8H,3H2,1-2H3,(H,12,13). The highest BCUT2D eigenvalue weighted by molar-refractivity contribution is 5.89. The quantitative estimate of drug-likeness (QED) is 0.800. The predicted octanol–water partition coefficient (Wildman–Crippen LogP) is 2.48. The van der Waals surface area contributed by atoms with Gasteiger partial charge in [0.15, 0.2) is 0 Å². The molecule has 1 aromatic carbocycles. The highest BCUT2D eigenvalue weighted by Crippen LogP contribution is 2.20. The SMILES string of the molecule is CCOC(C)c1ccccc1C(=O)O. The minimum atomic E-state index is -0.910. The Morgan fingerprint density at radius 2 is 2.14 bits per heavy atom. The molecule has 0 spiro atoms. The molecule has 0 heterocycles. The molecule has 1 unspecified atom stereocenters. The Hall–Kier alpha value is -1.35. The number of benzene rings is 1. The smallest absolute Gasteiger partial charge is 0.336 e. The number of aromatic carboxylic acids is 1. The van der Waals surface area contributed by atoms with E-state index in [9.17, 15) is 4.79 Å². The summed E-state index contributed by atoms with van der Waals surface area (Å²) < 4.78 is 5.36. The number of hydrogen-bond acceptors (Lipinski definition) is 2. The molecule has 0 saturated heterocycles. The molecule has 3 heteroatoms. The molecule has 1 rings (SSSR count). The van der Waals surface area contributed by atoms with Gasteiger partial charge in [-0.3, -0.25) is 0 Å². The van der Waals surface area contributed by atoms with E-state index in [1.54, 1.807) is 18.2 Å². The lowest BCUT2D eigenvalue weighted by Gasteiger charge is -2.13. The minimum Gasteiger partial charge on any atom is -0.478 e. The van der Waals surface area contributed by atoms with Crippen molar-refractivity contribution in [2.24, 2.45) is 0 Å². The summed E-state index contributed by atoms with van der Waals surface area (Å²) in [6.07, 6.45) is -0.174. The molecule has 0 fully saturated rings. The van der Waals surface area contributed by atoms with Gasteiger partial charge in [0.2, 0.25) is 0 Å². The molecule has 0 saturated carbocycles. The van der Waals surface area contributed by atoms with E-state index in [0.29, 0.717) is 12.2 Å². The van der Waals surface area contributed by atoms with Gasteiger partial charge >= 0.3 is 5.97 Å². The highest BCUT2D eigenvalue weighted by atomic mass is 16.5. The largest absolute Gasteiger partial charge is 0.478 e. The molecule has 0 aliphatic rings. The monoisotopic (exact) mass is 194 g/mol. The first kappa shape index (κ1) is 10.7.